The van der Waals surface area contributed by atoms with Crippen molar-refractivity contribution in [3.05, 3.63) is 50.7 Å². The molecule has 1 N–H and O–H groups in total. The largest absolute Gasteiger partial charge is 0.487 e. The summed E-state index contributed by atoms with van der Waals surface area (Å²) in [4.78, 5) is 2.61. The van der Waals surface area contributed by atoms with Gasteiger partial charge in [0.1, 0.15) is 12.4 Å². The Balaban J connectivity index is 2.02. The van der Waals surface area contributed by atoms with E-state index in [1.807, 2.05) is 25.2 Å². The molecule has 1 aromatic carbocycles. The zero-order valence-corrected chi connectivity index (χ0v) is 13.6. The maximum atomic E-state index is 6.28. The second-order valence-electron chi connectivity index (χ2n) is 4.71. The number of nitrogens with one attached hydrogen (secondary N) is 1. The maximum Gasteiger partial charge on any atom is 0.138 e. The lowest BCUT2D eigenvalue weighted by atomic mass is 10.1. The number of ether oxygens (including phenoxy) is 1. The van der Waals surface area contributed by atoms with Gasteiger partial charge in [0, 0.05) is 15.8 Å². The molecule has 0 radical (unpaired) electrons. The molecule has 4 heteroatoms. The van der Waals surface area contributed by atoms with Crippen LogP contribution in [0.25, 0.3) is 0 Å². The molecule has 20 heavy (non-hydrogen) atoms. The molecule has 0 aliphatic carbocycles. The molecule has 108 valence electrons. The average Bonchev–Trinajstić information content (AvgIpc) is 2.93. The number of halogens is 1. The Morgan fingerprint density at radius 3 is 2.60 bits per heavy atom. The van der Waals surface area contributed by atoms with Gasteiger partial charge in [-0.15, -0.1) is 11.3 Å². The number of hydrogen-bond donors (Lipinski definition) is 1. The first-order chi connectivity index (χ1) is 9.63. The van der Waals surface area contributed by atoms with Crippen molar-refractivity contribution in [2.75, 3.05) is 7.05 Å². The summed E-state index contributed by atoms with van der Waals surface area (Å²) in [7, 11) is 1.94. The normalized spacial score (nSPS) is 12.4. The molecular formula is C16H20ClNOS. The first-order valence-electron chi connectivity index (χ1n) is 6.81. The molecule has 0 saturated carbocycles. The zero-order valence-electron chi connectivity index (χ0n) is 12.1. The van der Waals surface area contributed by atoms with E-state index in [4.69, 9.17) is 16.3 Å². The molecule has 0 aliphatic heterocycles. The Kier molecular flexibility index (Phi) is 5.46. The van der Waals surface area contributed by atoms with Crippen LogP contribution in [0.1, 0.15) is 35.2 Å². The minimum absolute atomic E-state index is 0.283. The van der Waals surface area contributed by atoms with E-state index in [0.717, 1.165) is 17.7 Å². The Bertz CT molecular complexity index is 567. The monoisotopic (exact) mass is 309 g/mol. The first-order valence-corrected chi connectivity index (χ1v) is 8.00. The van der Waals surface area contributed by atoms with E-state index in [0.29, 0.717) is 11.6 Å². The van der Waals surface area contributed by atoms with Crippen LogP contribution in [-0.4, -0.2) is 7.05 Å². The molecule has 1 atom stereocenters. The minimum Gasteiger partial charge on any atom is -0.487 e. The summed E-state index contributed by atoms with van der Waals surface area (Å²) in [5.41, 5.74) is 1.16. The van der Waals surface area contributed by atoms with Gasteiger partial charge in [-0.25, -0.2) is 0 Å². The molecule has 0 fully saturated rings. The molecule has 1 heterocycles. The summed E-state index contributed by atoms with van der Waals surface area (Å²) in [6.45, 7) is 4.84. The molecule has 2 aromatic rings. The van der Waals surface area contributed by atoms with E-state index in [2.05, 4.69) is 31.3 Å². The van der Waals surface area contributed by atoms with Crippen LogP contribution in [0.3, 0.4) is 0 Å². The van der Waals surface area contributed by atoms with E-state index in [9.17, 15) is 0 Å². The lowest BCUT2D eigenvalue weighted by molar-refractivity contribution is 0.310. The second kappa shape index (κ2) is 7.11. The molecule has 0 spiro atoms. The van der Waals surface area contributed by atoms with E-state index < -0.39 is 0 Å². The molecular weight excluding hydrogens is 290 g/mol. The van der Waals surface area contributed by atoms with Crippen LogP contribution in [-0.2, 0) is 13.0 Å². The van der Waals surface area contributed by atoms with Crippen LogP contribution in [0.2, 0.25) is 5.02 Å². The summed E-state index contributed by atoms with van der Waals surface area (Å²) in [6.07, 6.45) is 1.07. The van der Waals surface area contributed by atoms with Crippen LogP contribution >= 0.6 is 22.9 Å². The molecule has 2 nitrogen and oxygen atoms in total. The highest BCUT2D eigenvalue weighted by Gasteiger charge is 2.08. The summed E-state index contributed by atoms with van der Waals surface area (Å²) in [6, 6.07) is 10.5. The van der Waals surface area contributed by atoms with Crippen LogP contribution < -0.4 is 10.1 Å². The van der Waals surface area contributed by atoms with Gasteiger partial charge in [0.25, 0.3) is 0 Å². The topological polar surface area (TPSA) is 21.3 Å². The van der Waals surface area contributed by atoms with Gasteiger partial charge in [-0.05, 0) is 50.2 Å². The fraction of sp³-hybridized carbons (Fsp3) is 0.375. The van der Waals surface area contributed by atoms with Gasteiger partial charge in [0.2, 0.25) is 0 Å². The number of rotatable bonds is 6. The summed E-state index contributed by atoms with van der Waals surface area (Å²) in [5, 5.41) is 3.86. The van der Waals surface area contributed by atoms with Crippen molar-refractivity contribution in [3.8, 4) is 5.75 Å². The zero-order chi connectivity index (χ0) is 14.5. The summed E-state index contributed by atoms with van der Waals surface area (Å²) >= 11 is 8.07. The summed E-state index contributed by atoms with van der Waals surface area (Å²) < 4.78 is 5.81. The molecule has 2 rings (SSSR count). The highest BCUT2D eigenvalue weighted by Crippen LogP contribution is 2.29. The van der Waals surface area contributed by atoms with Crippen molar-refractivity contribution < 1.29 is 4.74 Å². The van der Waals surface area contributed by atoms with Gasteiger partial charge in [0.15, 0.2) is 0 Å². The van der Waals surface area contributed by atoms with Gasteiger partial charge < -0.3 is 10.1 Å². The average molecular weight is 310 g/mol. The molecule has 1 unspecified atom stereocenters. The standard InChI is InChI=1S/C16H20ClNOS/c1-4-13-6-7-14(20-13)10-19-16-8-5-12(9-15(16)17)11(2)18-3/h5-9,11,18H,4,10H2,1-3H3. The van der Waals surface area contributed by atoms with Crippen molar-refractivity contribution >= 4 is 22.9 Å². The van der Waals surface area contributed by atoms with E-state index in [-0.39, 0.29) is 6.04 Å². The quantitative estimate of drug-likeness (QED) is 0.825. The van der Waals surface area contributed by atoms with Crippen LogP contribution in [0.4, 0.5) is 0 Å². The lowest BCUT2D eigenvalue weighted by Gasteiger charge is -2.13. The fourth-order valence-corrected chi connectivity index (χ4v) is 3.02. The lowest BCUT2D eigenvalue weighted by Crippen LogP contribution is -2.12. The molecule has 0 amide bonds. The van der Waals surface area contributed by atoms with Gasteiger partial charge >= 0.3 is 0 Å². The number of benzene rings is 1. The molecule has 0 aliphatic rings. The maximum absolute atomic E-state index is 6.28. The van der Waals surface area contributed by atoms with Gasteiger partial charge in [-0.1, -0.05) is 24.6 Å². The first kappa shape index (κ1) is 15.4. The Labute approximate surface area is 129 Å². The van der Waals surface area contributed by atoms with Crippen molar-refractivity contribution in [2.45, 2.75) is 32.9 Å². The van der Waals surface area contributed by atoms with Crippen molar-refractivity contribution in [1.82, 2.24) is 5.32 Å². The SMILES string of the molecule is CCc1ccc(COc2ccc(C(C)NC)cc2Cl)s1. The number of hydrogen-bond acceptors (Lipinski definition) is 3. The van der Waals surface area contributed by atoms with Crippen LogP contribution in [0, 0.1) is 0 Å². The number of thiophene rings is 1. The van der Waals surface area contributed by atoms with E-state index >= 15 is 0 Å². The van der Waals surface area contributed by atoms with Crippen LogP contribution in [0.5, 0.6) is 5.75 Å². The fourth-order valence-electron chi connectivity index (χ4n) is 1.91. The predicted octanol–water partition coefficient (Wildman–Crippen LogP) is 4.82. The van der Waals surface area contributed by atoms with Gasteiger partial charge in [-0.3, -0.25) is 0 Å². The van der Waals surface area contributed by atoms with Crippen LogP contribution in [0.15, 0.2) is 30.3 Å². The van der Waals surface area contributed by atoms with Crippen molar-refractivity contribution in [2.24, 2.45) is 0 Å². The van der Waals surface area contributed by atoms with Gasteiger partial charge in [0.05, 0.1) is 5.02 Å². The minimum atomic E-state index is 0.283. The molecule has 1 aromatic heterocycles. The van der Waals surface area contributed by atoms with Crippen molar-refractivity contribution in [1.29, 1.82) is 0 Å². The molecule has 0 bridgehead atoms. The Hall–Kier alpha value is -1.03. The highest BCUT2D eigenvalue weighted by atomic mass is 35.5. The van der Waals surface area contributed by atoms with Gasteiger partial charge in [-0.2, -0.15) is 0 Å². The highest BCUT2D eigenvalue weighted by molar-refractivity contribution is 7.11. The Morgan fingerprint density at radius 2 is 2.00 bits per heavy atom. The Morgan fingerprint density at radius 1 is 1.25 bits per heavy atom. The second-order valence-corrected chi connectivity index (χ2v) is 6.37. The smallest absolute Gasteiger partial charge is 0.138 e. The third-order valence-corrected chi connectivity index (χ3v) is 4.82. The third-order valence-electron chi connectivity index (χ3n) is 3.32. The molecule has 0 saturated heterocycles. The third kappa shape index (κ3) is 3.75. The number of aryl methyl sites for hydroxylation is 1. The van der Waals surface area contributed by atoms with E-state index in [1.54, 1.807) is 11.3 Å². The van der Waals surface area contributed by atoms with E-state index in [1.165, 1.54) is 9.75 Å². The van der Waals surface area contributed by atoms with Crippen molar-refractivity contribution in [3.63, 3.8) is 0 Å². The predicted molar refractivity (Wildman–Crippen MR) is 87.0 cm³/mol. The summed E-state index contributed by atoms with van der Waals surface area (Å²) in [5.74, 6) is 0.741.